The van der Waals surface area contributed by atoms with Crippen LogP contribution in [0.15, 0.2) is 51.2 Å². The van der Waals surface area contributed by atoms with Crippen molar-refractivity contribution in [2.75, 3.05) is 20.1 Å². The van der Waals surface area contributed by atoms with E-state index in [1.165, 1.54) is 23.9 Å². The van der Waals surface area contributed by atoms with Gasteiger partial charge in [-0.1, -0.05) is 43.8 Å². The third kappa shape index (κ3) is 5.12. The maximum atomic E-state index is 13.2. The fraction of sp³-hybridized carbons (Fsp3) is 0.375. The van der Waals surface area contributed by atoms with E-state index in [4.69, 9.17) is 0 Å². The SMILES string of the molecule is CC/C=C(\Cc1ccc(F)cc1)SC(=NC)c1cn2c(c(O)c1=O)C(=O)N(CCC)CC2. The van der Waals surface area contributed by atoms with Gasteiger partial charge >= 0.3 is 0 Å². The van der Waals surface area contributed by atoms with Gasteiger partial charge in [0.1, 0.15) is 10.9 Å². The van der Waals surface area contributed by atoms with Crippen LogP contribution in [0.2, 0.25) is 0 Å². The molecule has 32 heavy (non-hydrogen) atoms. The Morgan fingerprint density at radius 1 is 1.22 bits per heavy atom. The number of hydrogen-bond acceptors (Lipinski definition) is 5. The van der Waals surface area contributed by atoms with E-state index >= 15 is 0 Å². The highest BCUT2D eigenvalue weighted by atomic mass is 32.2. The topological polar surface area (TPSA) is 74.9 Å². The summed E-state index contributed by atoms with van der Waals surface area (Å²) in [4.78, 5) is 32.7. The number of aromatic nitrogens is 1. The van der Waals surface area contributed by atoms with Crippen LogP contribution in [-0.4, -0.2) is 45.7 Å². The van der Waals surface area contributed by atoms with Crippen LogP contribution in [0.3, 0.4) is 0 Å². The Bertz CT molecular complexity index is 1110. The predicted octanol–water partition coefficient (Wildman–Crippen LogP) is 4.21. The van der Waals surface area contributed by atoms with Gasteiger partial charge in [0.15, 0.2) is 11.4 Å². The largest absolute Gasteiger partial charge is 0.503 e. The van der Waals surface area contributed by atoms with Gasteiger partial charge in [0.05, 0.1) is 5.56 Å². The molecular weight excluding hydrogens is 429 g/mol. The van der Waals surface area contributed by atoms with Crippen molar-refractivity contribution in [3.63, 3.8) is 0 Å². The molecule has 1 aliphatic heterocycles. The molecule has 2 heterocycles. The molecule has 0 aliphatic carbocycles. The monoisotopic (exact) mass is 457 g/mol. The lowest BCUT2D eigenvalue weighted by molar-refractivity contribution is 0.0697. The van der Waals surface area contributed by atoms with Crippen molar-refractivity contribution in [2.45, 2.75) is 39.7 Å². The molecule has 1 aromatic carbocycles. The minimum absolute atomic E-state index is 0.0366. The fourth-order valence-corrected chi connectivity index (χ4v) is 4.78. The number of nitrogens with zero attached hydrogens (tertiary/aromatic N) is 3. The fourth-order valence-electron chi connectivity index (χ4n) is 3.69. The van der Waals surface area contributed by atoms with Gasteiger partial charge in [-0.25, -0.2) is 4.39 Å². The number of pyridine rings is 1. The molecule has 2 aromatic rings. The van der Waals surface area contributed by atoms with Gasteiger partial charge in [0.2, 0.25) is 5.43 Å². The van der Waals surface area contributed by atoms with Crippen LogP contribution in [0.1, 0.15) is 48.3 Å². The van der Waals surface area contributed by atoms with E-state index in [2.05, 4.69) is 4.99 Å². The van der Waals surface area contributed by atoms with Crippen LogP contribution in [0.5, 0.6) is 5.75 Å². The molecular formula is C24H28FN3O3S. The molecule has 170 valence electrons. The molecule has 8 heteroatoms. The lowest BCUT2D eigenvalue weighted by Gasteiger charge is -2.30. The van der Waals surface area contributed by atoms with Crippen molar-refractivity contribution in [1.29, 1.82) is 0 Å². The Balaban J connectivity index is 1.92. The van der Waals surface area contributed by atoms with E-state index in [-0.39, 0.29) is 23.0 Å². The number of allylic oxidation sites excluding steroid dienone is 2. The molecule has 6 nitrogen and oxygen atoms in total. The zero-order valence-corrected chi connectivity index (χ0v) is 19.4. The molecule has 0 unspecified atom stereocenters. The highest BCUT2D eigenvalue weighted by Crippen LogP contribution is 2.28. The van der Waals surface area contributed by atoms with Crippen LogP contribution in [0, 0.1) is 5.82 Å². The van der Waals surface area contributed by atoms with Gasteiger partial charge < -0.3 is 14.6 Å². The maximum absolute atomic E-state index is 13.2. The lowest BCUT2D eigenvalue weighted by Crippen LogP contribution is -2.42. The zero-order chi connectivity index (χ0) is 23.3. The quantitative estimate of drug-likeness (QED) is 0.499. The number of carbonyl (C=O) groups excluding carboxylic acids is 1. The van der Waals surface area contributed by atoms with E-state index in [9.17, 15) is 19.1 Å². The second-order valence-corrected chi connectivity index (χ2v) is 8.68. The first-order valence-corrected chi connectivity index (χ1v) is 11.5. The second kappa shape index (κ2) is 10.6. The summed E-state index contributed by atoms with van der Waals surface area (Å²) in [5.41, 5.74) is 0.639. The molecule has 1 aliphatic rings. The Hall–Kier alpha value is -2.87. The van der Waals surface area contributed by atoms with Gasteiger partial charge in [-0.3, -0.25) is 14.6 Å². The molecule has 1 aromatic heterocycles. The Kier molecular flexibility index (Phi) is 7.90. The summed E-state index contributed by atoms with van der Waals surface area (Å²) in [6.45, 7) is 5.60. The van der Waals surface area contributed by atoms with E-state index in [0.717, 1.165) is 23.3 Å². The summed E-state index contributed by atoms with van der Waals surface area (Å²) < 4.78 is 14.9. The Morgan fingerprint density at radius 3 is 2.56 bits per heavy atom. The smallest absolute Gasteiger partial charge is 0.274 e. The van der Waals surface area contributed by atoms with Crippen molar-refractivity contribution in [3.8, 4) is 5.75 Å². The van der Waals surface area contributed by atoms with Crippen molar-refractivity contribution in [1.82, 2.24) is 9.47 Å². The Morgan fingerprint density at radius 2 is 1.94 bits per heavy atom. The number of amides is 1. The zero-order valence-electron chi connectivity index (χ0n) is 18.6. The molecule has 0 spiro atoms. The molecule has 0 radical (unpaired) electrons. The van der Waals surface area contributed by atoms with Gasteiger partial charge in [-0.2, -0.15) is 0 Å². The number of thioether (sulfide) groups is 1. The Labute approximate surface area is 191 Å². The maximum Gasteiger partial charge on any atom is 0.274 e. The van der Waals surface area contributed by atoms with E-state index in [1.807, 2.05) is 19.9 Å². The molecule has 0 bridgehead atoms. The summed E-state index contributed by atoms with van der Waals surface area (Å²) in [7, 11) is 1.60. The standard InChI is InChI=1S/C24H28FN3O3S/c1-4-6-18(14-16-7-9-17(25)10-8-16)32-23(26-3)19-15-28-13-12-27(11-5-2)24(31)20(28)22(30)21(19)29/h6-10,15,30H,4-5,11-14H2,1-3H3/b18-6+,26-23?. The van der Waals surface area contributed by atoms with E-state index < -0.39 is 11.2 Å². The molecule has 3 rings (SSSR count). The number of carbonyl (C=O) groups is 1. The van der Waals surface area contributed by atoms with Crippen LogP contribution in [0.4, 0.5) is 4.39 Å². The lowest BCUT2D eigenvalue weighted by atomic mass is 10.1. The molecule has 0 fully saturated rings. The number of halogens is 1. The first kappa shape index (κ1) is 23.8. The highest BCUT2D eigenvalue weighted by molar-refractivity contribution is 8.17. The number of hydrogen-bond donors (Lipinski definition) is 1. The molecule has 0 saturated carbocycles. The van der Waals surface area contributed by atoms with Gasteiger partial charge in [0, 0.05) is 39.3 Å². The number of fused-ring (bicyclic) bond motifs is 1. The molecule has 0 saturated heterocycles. The first-order chi connectivity index (χ1) is 15.4. The molecule has 1 amide bonds. The van der Waals surface area contributed by atoms with Gasteiger partial charge in [-0.15, -0.1) is 0 Å². The van der Waals surface area contributed by atoms with Crippen molar-refractivity contribution in [3.05, 3.63) is 74.3 Å². The number of rotatable bonds is 7. The first-order valence-electron chi connectivity index (χ1n) is 10.7. The average Bonchev–Trinajstić information content (AvgIpc) is 2.78. The summed E-state index contributed by atoms with van der Waals surface area (Å²) >= 11 is 1.35. The number of aromatic hydroxyl groups is 1. The number of aliphatic imine (C=N–C) groups is 1. The van der Waals surface area contributed by atoms with Crippen LogP contribution < -0.4 is 5.43 Å². The second-order valence-electron chi connectivity index (χ2n) is 7.57. The van der Waals surface area contributed by atoms with Crippen molar-refractivity contribution < 1.29 is 14.3 Å². The third-order valence-electron chi connectivity index (χ3n) is 5.23. The summed E-state index contributed by atoms with van der Waals surface area (Å²) in [6.07, 6.45) is 5.83. The summed E-state index contributed by atoms with van der Waals surface area (Å²) in [5.74, 6) is -1.15. The number of benzene rings is 1. The predicted molar refractivity (Wildman–Crippen MR) is 127 cm³/mol. The van der Waals surface area contributed by atoms with Gasteiger partial charge in [0.25, 0.3) is 5.91 Å². The van der Waals surface area contributed by atoms with E-state index in [1.54, 1.807) is 34.8 Å². The van der Waals surface area contributed by atoms with Gasteiger partial charge in [-0.05, 0) is 35.4 Å². The van der Waals surface area contributed by atoms with Crippen molar-refractivity contribution >= 4 is 22.7 Å². The highest BCUT2D eigenvalue weighted by Gasteiger charge is 2.30. The summed E-state index contributed by atoms with van der Waals surface area (Å²) in [5, 5.41) is 11.1. The minimum Gasteiger partial charge on any atom is -0.503 e. The van der Waals surface area contributed by atoms with Crippen molar-refractivity contribution in [2.24, 2.45) is 4.99 Å². The van der Waals surface area contributed by atoms with E-state index in [0.29, 0.717) is 31.1 Å². The third-order valence-corrected chi connectivity index (χ3v) is 6.40. The minimum atomic E-state index is -0.603. The van der Waals surface area contributed by atoms with Crippen LogP contribution in [0.25, 0.3) is 0 Å². The average molecular weight is 458 g/mol. The normalized spacial score (nSPS) is 14.6. The van der Waals surface area contributed by atoms with Crippen LogP contribution >= 0.6 is 11.8 Å². The molecule has 0 atom stereocenters. The summed E-state index contributed by atoms with van der Waals surface area (Å²) in [6, 6.07) is 6.31. The molecule has 1 N–H and O–H groups in total. The van der Waals surface area contributed by atoms with Crippen LogP contribution in [-0.2, 0) is 13.0 Å².